The summed E-state index contributed by atoms with van der Waals surface area (Å²) in [4.78, 5) is 11.3. The molecule has 2 heteroatoms. The van der Waals surface area contributed by atoms with Crippen molar-refractivity contribution in [3.8, 4) is 0 Å². The zero-order valence-electron chi connectivity index (χ0n) is 10.3. The van der Waals surface area contributed by atoms with Crippen LogP contribution in [-0.4, -0.2) is 13.1 Å². The lowest BCUT2D eigenvalue weighted by atomic mass is 9.58. The van der Waals surface area contributed by atoms with E-state index < -0.39 is 0 Å². The van der Waals surface area contributed by atoms with Crippen LogP contribution in [0.3, 0.4) is 0 Å². The fraction of sp³-hybridized carbons (Fsp3) is 0.923. The minimum atomic E-state index is -0.00164. The van der Waals surface area contributed by atoms with Gasteiger partial charge in [-0.25, -0.2) is 0 Å². The Morgan fingerprint density at radius 1 is 1.27 bits per heavy atom. The summed E-state index contributed by atoms with van der Waals surface area (Å²) in [6.07, 6.45) is 8.49. The van der Waals surface area contributed by atoms with Gasteiger partial charge >= 0.3 is 5.97 Å². The number of ether oxygens (including phenoxy) is 1. The van der Waals surface area contributed by atoms with Crippen molar-refractivity contribution in [2.24, 2.45) is 11.3 Å². The summed E-state index contributed by atoms with van der Waals surface area (Å²) < 4.78 is 4.79. The van der Waals surface area contributed by atoms with Crippen LogP contribution in [0.25, 0.3) is 0 Å². The van der Waals surface area contributed by atoms with Crippen molar-refractivity contribution < 1.29 is 9.53 Å². The first kappa shape index (κ1) is 12.5. The van der Waals surface area contributed by atoms with Crippen LogP contribution >= 0.6 is 0 Å². The Labute approximate surface area is 93.4 Å². The Morgan fingerprint density at radius 2 is 1.93 bits per heavy atom. The van der Waals surface area contributed by atoms with Crippen molar-refractivity contribution in [3.05, 3.63) is 0 Å². The summed E-state index contributed by atoms with van der Waals surface area (Å²) in [5.74, 6) is 0.191. The van der Waals surface area contributed by atoms with E-state index in [1.165, 1.54) is 39.2 Å². The maximum absolute atomic E-state index is 11.3. The number of rotatable bonds is 6. The normalized spacial score (nSPS) is 29.7. The standard InChI is InChI=1S/C13H24O2/c1-4-6-8-13(7-5-2)9-11(10-13)12(14)15-3/h11H,4-10H2,1-3H3. The Bertz CT molecular complexity index is 205. The van der Waals surface area contributed by atoms with Crippen LogP contribution < -0.4 is 0 Å². The molecule has 0 aromatic carbocycles. The van der Waals surface area contributed by atoms with Gasteiger partial charge in [-0.2, -0.15) is 0 Å². The molecule has 1 saturated carbocycles. The van der Waals surface area contributed by atoms with E-state index in [4.69, 9.17) is 4.74 Å². The summed E-state index contributed by atoms with van der Waals surface area (Å²) in [6, 6.07) is 0. The SMILES string of the molecule is CCCCC1(CCC)CC(C(=O)OC)C1. The fourth-order valence-electron chi connectivity index (χ4n) is 2.93. The van der Waals surface area contributed by atoms with Crippen LogP contribution in [-0.2, 0) is 9.53 Å². The summed E-state index contributed by atoms with van der Waals surface area (Å²) in [7, 11) is 1.49. The fourth-order valence-corrected chi connectivity index (χ4v) is 2.93. The van der Waals surface area contributed by atoms with Crippen molar-refractivity contribution in [1.29, 1.82) is 0 Å². The molecule has 1 aliphatic carbocycles. The average Bonchev–Trinajstić information content (AvgIpc) is 2.20. The van der Waals surface area contributed by atoms with E-state index in [-0.39, 0.29) is 11.9 Å². The monoisotopic (exact) mass is 212 g/mol. The molecule has 15 heavy (non-hydrogen) atoms. The number of methoxy groups -OCH3 is 1. The Morgan fingerprint density at radius 3 is 2.40 bits per heavy atom. The summed E-state index contributed by atoms with van der Waals surface area (Å²) >= 11 is 0. The molecule has 1 fully saturated rings. The first-order chi connectivity index (χ1) is 7.17. The zero-order valence-corrected chi connectivity index (χ0v) is 10.3. The van der Waals surface area contributed by atoms with E-state index in [0.29, 0.717) is 5.41 Å². The van der Waals surface area contributed by atoms with Gasteiger partial charge in [0.1, 0.15) is 0 Å². The lowest BCUT2D eigenvalue weighted by Gasteiger charge is -2.47. The van der Waals surface area contributed by atoms with Gasteiger partial charge in [-0.05, 0) is 31.1 Å². The number of carbonyl (C=O) groups is 1. The van der Waals surface area contributed by atoms with Crippen molar-refractivity contribution in [2.75, 3.05) is 7.11 Å². The van der Waals surface area contributed by atoms with Gasteiger partial charge < -0.3 is 4.74 Å². The van der Waals surface area contributed by atoms with Crippen molar-refractivity contribution >= 4 is 5.97 Å². The third kappa shape index (κ3) is 2.96. The van der Waals surface area contributed by atoms with Gasteiger partial charge in [-0.1, -0.05) is 33.1 Å². The molecule has 0 aromatic rings. The second-order valence-electron chi connectivity index (χ2n) is 4.98. The van der Waals surface area contributed by atoms with Crippen LogP contribution in [0.4, 0.5) is 0 Å². The van der Waals surface area contributed by atoms with Crippen molar-refractivity contribution in [2.45, 2.75) is 58.8 Å². The van der Waals surface area contributed by atoms with Crippen molar-refractivity contribution in [3.63, 3.8) is 0 Å². The molecule has 0 saturated heterocycles. The molecule has 0 heterocycles. The van der Waals surface area contributed by atoms with Gasteiger partial charge in [-0.15, -0.1) is 0 Å². The molecule has 0 atom stereocenters. The highest BCUT2D eigenvalue weighted by Gasteiger charge is 2.46. The minimum Gasteiger partial charge on any atom is -0.469 e. The number of unbranched alkanes of at least 4 members (excludes halogenated alkanes) is 1. The van der Waals surface area contributed by atoms with Gasteiger partial charge in [0.15, 0.2) is 0 Å². The van der Waals surface area contributed by atoms with Crippen LogP contribution in [0.1, 0.15) is 58.8 Å². The lowest BCUT2D eigenvalue weighted by Crippen LogP contribution is -2.41. The number of hydrogen-bond acceptors (Lipinski definition) is 2. The molecule has 1 aliphatic rings. The van der Waals surface area contributed by atoms with Gasteiger partial charge in [-0.3, -0.25) is 4.79 Å². The maximum Gasteiger partial charge on any atom is 0.308 e. The predicted octanol–water partition coefficient (Wildman–Crippen LogP) is 3.55. The second-order valence-corrected chi connectivity index (χ2v) is 4.98. The topological polar surface area (TPSA) is 26.3 Å². The smallest absolute Gasteiger partial charge is 0.308 e. The van der Waals surface area contributed by atoms with Gasteiger partial charge in [0, 0.05) is 0 Å². The largest absolute Gasteiger partial charge is 0.469 e. The highest BCUT2D eigenvalue weighted by atomic mass is 16.5. The molecule has 88 valence electrons. The third-order valence-corrected chi connectivity index (χ3v) is 3.73. The lowest BCUT2D eigenvalue weighted by molar-refractivity contribution is -0.154. The third-order valence-electron chi connectivity index (χ3n) is 3.73. The summed E-state index contributed by atoms with van der Waals surface area (Å²) in [5.41, 5.74) is 0.476. The van der Waals surface area contributed by atoms with E-state index in [2.05, 4.69) is 13.8 Å². The number of hydrogen-bond donors (Lipinski definition) is 0. The molecule has 0 amide bonds. The number of carbonyl (C=O) groups excluding carboxylic acids is 1. The molecule has 1 rings (SSSR count). The van der Waals surface area contributed by atoms with Crippen molar-refractivity contribution in [1.82, 2.24) is 0 Å². The molecular weight excluding hydrogens is 188 g/mol. The first-order valence-electron chi connectivity index (χ1n) is 6.25. The Balaban J connectivity index is 2.40. The van der Waals surface area contributed by atoms with E-state index in [1.807, 2.05) is 0 Å². The molecule has 2 nitrogen and oxygen atoms in total. The van der Waals surface area contributed by atoms with E-state index in [0.717, 1.165) is 12.8 Å². The van der Waals surface area contributed by atoms with Gasteiger partial charge in [0.05, 0.1) is 13.0 Å². The highest BCUT2D eigenvalue weighted by molar-refractivity contribution is 5.73. The molecular formula is C13H24O2. The zero-order chi connectivity index (χ0) is 11.3. The minimum absolute atomic E-state index is 0.00164. The van der Waals surface area contributed by atoms with Crippen LogP contribution in [0.5, 0.6) is 0 Å². The molecule has 0 spiro atoms. The van der Waals surface area contributed by atoms with Gasteiger partial charge in [0.25, 0.3) is 0 Å². The molecule has 0 bridgehead atoms. The highest BCUT2D eigenvalue weighted by Crippen LogP contribution is 2.52. The quantitative estimate of drug-likeness (QED) is 0.629. The van der Waals surface area contributed by atoms with E-state index in [1.54, 1.807) is 0 Å². The van der Waals surface area contributed by atoms with Crippen LogP contribution in [0, 0.1) is 11.3 Å². The summed E-state index contributed by atoms with van der Waals surface area (Å²) in [6.45, 7) is 4.47. The average molecular weight is 212 g/mol. The van der Waals surface area contributed by atoms with Crippen LogP contribution in [0.2, 0.25) is 0 Å². The summed E-state index contributed by atoms with van der Waals surface area (Å²) in [5, 5.41) is 0. The Hall–Kier alpha value is -0.530. The molecule has 0 unspecified atom stereocenters. The van der Waals surface area contributed by atoms with E-state index >= 15 is 0 Å². The second kappa shape index (κ2) is 5.53. The number of esters is 1. The Kier molecular flexibility index (Phi) is 4.62. The predicted molar refractivity (Wildman–Crippen MR) is 61.6 cm³/mol. The molecule has 0 aromatic heterocycles. The molecule has 0 N–H and O–H groups in total. The maximum atomic E-state index is 11.3. The molecule has 0 aliphatic heterocycles. The molecule has 0 radical (unpaired) electrons. The van der Waals surface area contributed by atoms with Gasteiger partial charge in [0.2, 0.25) is 0 Å². The van der Waals surface area contributed by atoms with E-state index in [9.17, 15) is 4.79 Å². The van der Waals surface area contributed by atoms with Crippen LogP contribution in [0.15, 0.2) is 0 Å². The first-order valence-corrected chi connectivity index (χ1v) is 6.25.